The van der Waals surface area contributed by atoms with Crippen LogP contribution in [0.3, 0.4) is 0 Å². The van der Waals surface area contributed by atoms with E-state index in [9.17, 15) is 18.0 Å². The Morgan fingerprint density at radius 1 is 1.21 bits per heavy atom. The predicted molar refractivity (Wildman–Crippen MR) is 94.3 cm³/mol. The normalized spacial score (nSPS) is 12.4. The third kappa shape index (κ3) is 6.07. The van der Waals surface area contributed by atoms with Crippen molar-refractivity contribution in [2.24, 2.45) is 0 Å². The van der Waals surface area contributed by atoms with Gasteiger partial charge >= 0.3 is 12.2 Å². The molecule has 0 aliphatic heterocycles. The molecular formula is C18H21F3N4O3. The number of carbonyl (C=O) groups is 1. The standard InChI is InChI=1S/C18H21F3N4O3/c1-5-27-17-23-11(3)7-14(25-17)15(26)24-12(4)13-6-10(2)16(22-8-13)28-9-18(19,20)21/h6-8,12H,5,9H2,1-4H3,(H,24,26). The van der Waals surface area contributed by atoms with Gasteiger partial charge in [-0.15, -0.1) is 0 Å². The zero-order valence-corrected chi connectivity index (χ0v) is 15.9. The largest absolute Gasteiger partial charge is 0.468 e. The van der Waals surface area contributed by atoms with Crippen LogP contribution in [0.1, 0.15) is 47.2 Å². The number of rotatable bonds is 7. The molecule has 0 aliphatic carbocycles. The number of carbonyl (C=O) groups excluding carboxylic acids is 1. The lowest BCUT2D eigenvalue weighted by molar-refractivity contribution is -0.154. The van der Waals surface area contributed by atoms with Gasteiger partial charge < -0.3 is 14.8 Å². The Bertz CT molecular complexity index is 843. The minimum atomic E-state index is -4.44. The number of aromatic nitrogens is 3. The van der Waals surface area contributed by atoms with Crippen molar-refractivity contribution < 1.29 is 27.4 Å². The van der Waals surface area contributed by atoms with E-state index >= 15 is 0 Å². The quantitative estimate of drug-likeness (QED) is 0.770. The fraction of sp³-hybridized carbons (Fsp3) is 0.444. The Balaban J connectivity index is 2.09. The van der Waals surface area contributed by atoms with Gasteiger partial charge in [0, 0.05) is 17.5 Å². The highest BCUT2D eigenvalue weighted by atomic mass is 19.4. The first-order valence-electron chi connectivity index (χ1n) is 8.54. The van der Waals surface area contributed by atoms with E-state index < -0.39 is 24.7 Å². The van der Waals surface area contributed by atoms with Crippen molar-refractivity contribution >= 4 is 5.91 Å². The molecule has 0 spiro atoms. The van der Waals surface area contributed by atoms with Crippen molar-refractivity contribution in [3.05, 3.63) is 40.8 Å². The summed E-state index contributed by atoms with van der Waals surface area (Å²) in [6, 6.07) is 2.80. The minimum absolute atomic E-state index is 0.104. The molecule has 10 heteroatoms. The number of aryl methyl sites for hydroxylation is 2. The van der Waals surface area contributed by atoms with Crippen molar-refractivity contribution in [2.75, 3.05) is 13.2 Å². The van der Waals surface area contributed by atoms with Gasteiger partial charge in [-0.1, -0.05) is 0 Å². The summed E-state index contributed by atoms with van der Waals surface area (Å²) in [6.45, 7) is 5.76. The molecule has 2 aromatic rings. The second-order valence-corrected chi connectivity index (χ2v) is 6.10. The van der Waals surface area contributed by atoms with Crippen molar-refractivity contribution in [1.29, 1.82) is 0 Å². The van der Waals surface area contributed by atoms with Crippen molar-refractivity contribution in [3.63, 3.8) is 0 Å². The van der Waals surface area contributed by atoms with Crippen LogP contribution in [0.2, 0.25) is 0 Å². The summed E-state index contributed by atoms with van der Waals surface area (Å²) >= 11 is 0. The topological polar surface area (TPSA) is 86.2 Å². The molecule has 2 aromatic heterocycles. The zero-order chi connectivity index (χ0) is 20.9. The van der Waals surface area contributed by atoms with Crippen LogP contribution < -0.4 is 14.8 Å². The first-order valence-corrected chi connectivity index (χ1v) is 8.54. The summed E-state index contributed by atoms with van der Waals surface area (Å²) < 4.78 is 46.7. The highest BCUT2D eigenvalue weighted by molar-refractivity contribution is 5.92. The maximum absolute atomic E-state index is 12.5. The Morgan fingerprint density at radius 3 is 2.54 bits per heavy atom. The number of nitrogens with zero attached hydrogens (tertiary/aromatic N) is 3. The molecule has 0 aromatic carbocycles. The fourth-order valence-electron chi connectivity index (χ4n) is 2.33. The first kappa shape index (κ1) is 21.4. The van der Waals surface area contributed by atoms with Gasteiger partial charge in [0.25, 0.3) is 5.91 Å². The van der Waals surface area contributed by atoms with Crippen molar-refractivity contribution in [2.45, 2.75) is 39.9 Å². The monoisotopic (exact) mass is 398 g/mol. The Morgan fingerprint density at radius 2 is 1.93 bits per heavy atom. The van der Waals surface area contributed by atoms with Crippen LogP contribution in [-0.2, 0) is 0 Å². The molecule has 0 bridgehead atoms. The second-order valence-electron chi connectivity index (χ2n) is 6.10. The van der Waals surface area contributed by atoms with E-state index in [4.69, 9.17) is 4.74 Å². The maximum atomic E-state index is 12.5. The Labute approximate surface area is 160 Å². The molecule has 0 radical (unpaired) electrons. The average molecular weight is 398 g/mol. The van der Waals surface area contributed by atoms with E-state index in [2.05, 4.69) is 25.0 Å². The van der Waals surface area contributed by atoms with E-state index in [1.807, 2.05) is 0 Å². The summed E-state index contributed by atoms with van der Waals surface area (Å²) in [5.41, 5.74) is 1.78. The fourth-order valence-corrected chi connectivity index (χ4v) is 2.33. The molecule has 0 aliphatic rings. The minimum Gasteiger partial charge on any atom is -0.468 e. The molecule has 7 nitrogen and oxygen atoms in total. The molecule has 1 unspecified atom stereocenters. The summed E-state index contributed by atoms with van der Waals surface area (Å²) in [5, 5.41) is 2.77. The molecule has 0 fully saturated rings. The smallest absolute Gasteiger partial charge is 0.422 e. The van der Waals surface area contributed by atoms with Gasteiger partial charge in [0.1, 0.15) is 5.69 Å². The molecular weight excluding hydrogens is 377 g/mol. The highest BCUT2D eigenvalue weighted by Crippen LogP contribution is 2.23. The van der Waals surface area contributed by atoms with Gasteiger partial charge in [0.15, 0.2) is 6.61 Å². The van der Waals surface area contributed by atoms with Crippen LogP contribution in [-0.4, -0.2) is 40.2 Å². The van der Waals surface area contributed by atoms with Crippen LogP contribution in [0, 0.1) is 13.8 Å². The number of amides is 1. The Hall–Kier alpha value is -2.91. The number of pyridine rings is 1. The third-order valence-electron chi connectivity index (χ3n) is 3.61. The molecule has 0 saturated heterocycles. The zero-order valence-electron chi connectivity index (χ0n) is 15.9. The second kappa shape index (κ2) is 8.85. The number of hydrogen-bond donors (Lipinski definition) is 1. The van der Waals surface area contributed by atoms with E-state index in [0.717, 1.165) is 0 Å². The molecule has 2 heterocycles. The molecule has 1 N–H and O–H groups in total. The van der Waals surface area contributed by atoms with Crippen molar-refractivity contribution in [1.82, 2.24) is 20.3 Å². The molecule has 28 heavy (non-hydrogen) atoms. The van der Waals surface area contributed by atoms with Gasteiger partial charge in [-0.05, 0) is 45.4 Å². The van der Waals surface area contributed by atoms with E-state index in [1.165, 1.54) is 12.3 Å². The van der Waals surface area contributed by atoms with Gasteiger partial charge in [0.2, 0.25) is 5.88 Å². The Kier molecular flexibility index (Phi) is 6.76. The highest BCUT2D eigenvalue weighted by Gasteiger charge is 2.29. The van der Waals surface area contributed by atoms with Crippen LogP contribution in [0.25, 0.3) is 0 Å². The first-order chi connectivity index (χ1) is 13.1. The van der Waals surface area contributed by atoms with Crippen LogP contribution >= 0.6 is 0 Å². The average Bonchev–Trinajstić information content (AvgIpc) is 2.59. The number of nitrogens with one attached hydrogen (secondary N) is 1. The summed E-state index contributed by atoms with van der Waals surface area (Å²) in [6.07, 6.45) is -3.08. The van der Waals surface area contributed by atoms with Crippen LogP contribution in [0.5, 0.6) is 11.9 Å². The van der Waals surface area contributed by atoms with Gasteiger partial charge in [0.05, 0.1) is 12.6 Å². The number of halogens is 3. The summed E-state index contributed by atoms with van der Waals surface area (Å²) in [7, 11) is 0. The van der Waals surface area contributed by atoms with E-state index in [0.29, 0.717) is 23.4 Å². The van der Waals surface area contributed by atoms with Gasteiger partial charge in [-0.3, -0.25) is 4.79 Å². The van der Waals surface area contributed by atoms with Gasteiger partial charge in [-0.2, -0.15) is 18.2 Å². The van der Waals surface area contributed by atoms with Crippen LogP contribution in [0.4, 0.5) is 13.2 Å². The maximum Gasteiger partial charge on any atom is 0.422 e. The third-order valence-corrected chi connectivity index (χ3v) is 3.61. The predicted octanol–water partition coefficient (Wildman–Crippen LogP) is 3.32. The molecule has 0 saturated carbocycles. The summed E-state index contributed by atoms with van der Waals surface area (Å²) in [5.74, 6) is -0.540. The molecule has 152 valence electrons. The van der Waals surface area contributed by atoms with Gasteiger partial charge in [-0.25, -0.2) is 9.97 Å². The lowest BCUT2D eigenvalue weighted by Crippen LogP contribution is -2.28. The number of alkyl halides is 3. The van der Waals surface area contributed by atoms with Crippen molar-refractivity contribution in [3.8, 4) is 11.9 Å². The molecule has 2 rings (SSSR count). The van der Waals surface area contributed by atoms with E-state index in [-0.39, 0.29) is 17.6 Å². The van der Waals surface area contributed by atoms with Crippen LogP contribution in [0.15, 0.2) is 18.3 Å². The summed E-state index contributed by atoms with van der Waals surface area (Å²) in [4.78, 5) is 24.5. The number of hydrogen-bond acceptors (Lipinski definition) is 6. The lowest BCUT2D eigenvalue weighted by atomic mass is 10.1. The van der Waals surface area contributed by atoms with E-state index in [1.54, 1.807) is 33.8 Å². The SMILES string of the molecule is CCOc1nc(C)cc(C(=O)NC(C)c2cnc(OCC(F)(F)F)c(C)c2)n1. The molecule has 1 amide bonds. The lowest BCUT2D eigenvalue weighted by Gasteiger charge is -2.16. The number of ether oxygens (including phenoxy) is 2. The molecule has 1 atom stereocenters.